The molecule has 3 heterocycles. The second-order valence-electron chi connectivity index (χ2n) is 12.2. The van der Waals surface area contributed by atoms with E-state index in [2.05, 4.69) is 27.2 Å². The molecular formula is C35H43ClN6O4. The first-order valence-electron chi connectivity index (χ1n) is 16.1. The maximum atomic E-state index is 12.9. The number of halogens is 1. The third-order valence-corrected chi connectivity index (χ3v) is 8.77. The number of aliphatic hydroxyl groups is 1. The Balaban J connectivity index is 1.20. The van der Waals surface area contributed by atoms with Crippen LogP contribution in [-0.2, 0) is 11.3 Å². The van der Waals surface area contributed by atoms with Crippen molar-refractivity contribution in [1.29, 1.82) is 0 Å². The van der Waals surface area contributed by atoms with Gasteiger partial charge < -0.3 is 24.8 Å². The van der Waals surface area contributed by atoms with Crippen LogP contribution in [0.4, 0.5) is 11.4 Å². The average Bonchev–Trinajstić information content (AvgIpc) is 3.06. The summed E-state index contributed by atoms with van der Waals surface area (Å²) in [6.07, 6.45) is -0.970. The van der Waals surface area contributed by atoms with Crippen LogP contribution in [-0.4, -0.2) is 103 Å². The molecule has 244 valence electrons. The summed E-state index contributed by atoms with van der Waals surface area (Å²) in [5, 5.41) is 16.0. The van der Waals surface area contributed by atoms with Gasteiger partial charge in [-0.2, -0.15) is 0 Å². The zero-order valence-electron chi connectivity index (χ0n) is 26.6. The molecule has 3 aromatic rings. The minimum absolute atomic E-state index is 0.0198. The first-order valence-corrected chi connectivity index (χ1v) is 16.5. The quantitative estimate of drug-likeness (QED) is 0.337. The number of amidine groups is 1. The summed E-state index contributed by atoms with van der Waals surface area (Å²) in [7, 11) is 0. The highest BCUT2D eigenvalue weighted by Crippen LogP contribution is 2.41. The second-order valence-corrected chi connectivity index (χ2v) is 12.7. The van der Waals surface area contributed by atoms with E-state index in [0.717, 1.165) is 61.1 Å². The number of amides is 1. The molecule has 1 unspecified atom stereocenters. The monoisotopic (exact) mass is 646 g/mol. The number of nitrogens with one attached hydrogen (secondary N) is 1. The van der Waals surface area contributed by atoms with Crippen molar-refractivity contribution >= 4 is 34.7 Å². The third kappa shape index (κ3) is 7.82. The van der Waals surface area contributed by atoms with Crippen molar-refractivity contribution in [3.63, 3.8) is 0 Å². The Morgan fingerprint density at radius 1 is 0.957 bits per heavy atom. The summed E-state index contributed by atoms with van der Waals surface area (Å²) < 4.78 is 12.0. The average molecular weight is 647 g/mol. The van der Waals surface area contributed by atoms with Crippen molar-refractivity contribution in [3.05, 3.63) is 82.9 Å². The predicted molar refractivity (Wildman–Crippen MR) is 181 cm³/mol. The summed E-state index contributed by atoms with van der Waals surface area (Å²) in [5.74, 6) is 2.02. The lowest BCUT2D eigenvalue weighted by molar-refractivity contribution is -0.135. The van der Waals surface area contributed by atoms with Crippen molar-refractivity contribution in [2.24, 2.45) is 4.99 Å². The molecule has 0 spiro atoms. The molecule has 0 aliphatic carbocycles. The largest absolute Gasteiger partial charge is 0.489 e. The molecule has 0 radical (unpaired) electrons. The van der Waals surface area contributed by atoms with Crippen molar-refractivity contribution in [1.82, 2.24) is 20.0 Å². The number of anilines is 1. The predicted octanol–water partition coefficient (Wildman–Crippen LogP) is 4.30. The zero-order valence-corrected chi connectivity index (χ0v) is 27.3. The lowest BCUT2D eigenvalue weighted by Crippen LogP contribution is -2.53. The first-order chi connectivity index (χ1) is 22.3. The van der Waals surface area contributed by atoms with Crippen molar-refractivity contribution in [2.45, 2.75) is 32.7 Å². The first kappa shape index (κ1) is 32.3. The fraction of sp³-hybridized carbons (Fsp3) is 0.429. The van der Waals surface area contributed by atoms with E-state index < -0.39 is 6.23 Å². The van der Waals surface area contributed by atoms with Crippen LogP contribution in [0.2, 0.25) is 5.02 Å². The maximum Gasteiger partial charge on any atom is 0.260 e. The lowest BCUT2D eigenvalue weighted by Gasteiger charge is -2.40. The van der Waals surface area contributed by atoms with Crippen LogP contribution in [0, 0.1) is 0 Å². The van der Waals surface area contributed by atoms with Gasteiger partial charge in [0.05, 0.1) is 24.0 Å². The van der Waals surface area contributed by atoms with Gasteiger partial charge in [0, 0.05) is 69.5 Å². The van der Waals surface area contributed by atoms with E-state index in [1.54, 1.807) is 24.3 Å². The minimum atomic E-state index is -0.930. The standard InChI is InChI=1S/C35H43ClN6O4/c1-25(2)46-32-12-7-26(22-39-15-13-37-14-16-39)21-31(32)42-33(38-30-6-4-3-5-29(30)35(42)44)23-40-17-19-41(20-18-40)34(43)24-45-28-10-8-27(36)9-11-28/h3-12,21,25,35,37,44H,13-20,22-24H2,1-2H3. The normalized spacial score (nSPS) is 19.2. The zero-order chi connectivity index (χ0) is 32.0. The molecule has 3 aromatic carbocycles. The maximum absolute atomic E-state index is 12.9. The summed E-state index contributed by atoms with van der Waals surface area (Å²) >= 11 is 5.96. The Bertz CT molecular complexity index is 1520. The topological polar surface area (TPSA) is 93.1 Å². The number of carbonyl (C=O) groups is 1. The molecule has 2 fully saturated rings. The van der Waals surface area contributed by atoms with E-state index in [4.69, 9.17) is 26.1 Å². The summed E-state index contributed by atoms with van der Waals surface area (Å²) in [4.78, 5) is 26.5. The number of hydrogen-bond acceptors (Lipinski definition) is 9. The van der Waals surface area contributed by atoms with Crippen molar-refractivity contribution < 1.29 is 19.4 Å². The Morgan fingerprint density at radius 3 is 2.41 bits per heavy atom. The Kier molecular flexibility index (Phi) is 10.4. The number of benzene rings is 3. The van der Waals surface area contributed by atoms with Gasteiger partial charge in [0.25, 0.3) is 5.91 Å². The number of piperazine rings is 2. The number of carbonyl (C=O) groups excluding carboxylic acids is 1. The number of nitrogens with zero attached hydrogens (tertiary/aromatic N) is 5. The molecule has 11 heteroatoms. The van der Waals surface area contributed by atoms with Gasteiger partial charge in [-0.3, -0.25) is 19.5 Å². The smallest absolute Gasteiger partial charge is 0.260 e. The van der Waals surface area contributed by atoms with Crippen molar-refractivity contribution in [3.8, 4) is 11.5 Å². The highest BCUT2D eigenvalue weighted by atomic mass is 35.5. The molecule has 1 atom stereocenters. The highest BCUT2D eigenvalue weighted by Gasteiger charge is 2.34. The minimum Gasteiger partial charge on any atom is -0.489 e. The van der Waals surface area contributed by atoms with Gasteiger partial charge in [-0.25, -0.2) is 4.99 Å². The molecular weight excluding hydrogens is 604 g/mol. The van der Waals surface area contributed by atoms with Crippen LogP contribution >= 0.6 is 11.6 Å². The molecule has 0 saturated carbocycles. The Hall–Kier alpha value is -3.67. The van der Waals surface area contributed by atoms with Gasteiger partial charge in [-0.05, 0) is 61.9 Å². The van der Waals surface area contributed by atoms with E-state index in [1.165, 1.54) is 0 Å². The van der Waals surface area contributed by atoms with Gasteiger partial charge in [-0.1, -0.05) is 35.9 Å². The number of hydrogen-bond donors (Lipinski definition) is 2. The molecule has 6 rings (SSSR count). The van der Waals surface area contributed by atoms with Gasteiger partial charge >= 0.3 is 0 Å². The number of aliphatic imine (C=N–C) groups is 1. The fourth-order valence-electron chi connectivity index (χ4n) is 6.12. The molecule has 2 saturated heterocycles. The van der Waals surface area contributed by atoms with E-state index in [0.29, 0.717) is 49.2 Å². The molecule has 3 aliphatic heterocycles. The van der Waals surface area contributed by atoms with Gasteiger partial charge in [-0.15, -0.1) is 0 Å². The molecule has 10 nitrogen and oxygen atoms in total. The second kappa shape index (κ2) is 14.8. The number of aliphatic hydroxyl groups excluding tert-OH is 1. The number of para-hydroxylation sites is 1. The highest BCUT2D eigenvalue weighted by molar-refractivity contribution is 6.30. The van der Waals surface area contributed by atoms with E-state index in [-0.39, 0.29) is 18.6 Å². The summed E-state index contributed by atoms with van der Waals surface area (Å²) in [5.41, 5.74) is 3.48. The Labute approximate surface area is 276 Å². The van der Waals surface area contributed by atoms with Crippen LogP contribution in [0.25, 0.3) is 0 Å². The number of rotatable bonds is 10. The molecule has 46 heavy (non-hydrogen) atoms. The van der Waals surface area contributed by atoms with E-state index in [1.807, 2.05) is 54.0 Å². The molecule has 1 amide bonds. The SMILES string of the molecule is CC(C)Oc1ccc(CN2CCNCC2)cc1N1C(CN2CCN(C(=O)COc3ccc(Cl)cc3)CC2)=Nc2ccccc2C1O. The fourth-order valence-corrected chi connectivity index (χ4v) is 6.24. The summed E-state index contributed by atoms with van der Waals surface area (Å²) in [6.45, 7) is 11.8. The van der Waals surface area contributed by atoms with Gasteiger partial charge in [0.2, 0.25) is 0 Å². The van der Waals surface area contributed by atoms with Crippen LogP contribution in [0.5, 0.6) is 11.5 Å². The molecule has 0 aromatic heterocycles. The third-order valence-electron chi connectivity index (χ3n) is 8.51. The van der Waals surface area contributed by atoms with Crippen LogP contribution in [0.1, 0.15) is 31.2 Å². The molecule has 3 aliphatic rings. The van der Waals surface area contributed by atoms with E-state index >= 15 is 0 Å². The van der Waals surface area contributed by atoms with Crippen LogP contribution < -0.4 is 19.7 Å². The summed E-state index contributed by atoms with van der Waals surface area (Å²) in [6, 6.07) is 21.0. The number of ether oxygens (including phenoxy) is 2. The number of fused-ring (bicyclic) bond motifs is 1. The van der Waals surface area contributed by atoms with E-state index in [9.17, 15) is 9.90 Å². The Morgan fingerprint density at radius 2 is 1.67 bits per heavy atom. The molecule has 0 bridgehead atoms. The molecule has 2 N–H and O–H groups in total. The van der Waals surface area contributed by atoms with Crippen LogP contribution in [0.3, 0.4) is 0 Å². The van der Waals surface area contributed by atoms with Crippen LogP contribution in [0.15, 0.2) is 71.7 Å². The van der Waals surface area contributed by atoms with Gasteiger partial charge in [0.15, 0.2) is 12.8 Å². The van der Waals surface area contributed by atoms with Gasteiger partial charge in [0.1, 0.15) is 17.3 Å². The lowest BCUT2D eigenvalue weighted by atomic mass is 10.1. The van der Waals surface area contributed by atoms with Crippen molar-refractivity contribution in [2.75, 3.05) is 70.4 Å².